The molecule has 0 aliphatic rings. The SMILES string of the molecule is C=CCc1ccc(OCCOCCOc2ccc(C)c(C)c2)c(OC)c1. The van der Waals surface area contributed by atoms with Gasteiger partial charge in [-0.25, -0.2) is 0 Å². The minimum Gasteiger partial charge on any atom is -0.493 e. The first-order chi connectivity index (χ1) is 12.6. The first-order valence-electron chi connectivity index (χ1n) is 8.82. The topological polar surface area (TPSA) is 36.9 Å². The second kappa shape index (κ2) is 10.5. The van der Waals surface area contributed by atoms with Gasteiger partial charge in [-0.3, -0.25) is 0 Å². The molecular formula is C22H28O4. The molecule has 2 rings (SSSR count). The number of hydrogen-bond donors (Lipinski definition) is 0. The lowest BCUT2D eigenvalue weighted by Gasteiger charge is -2.12. The van der Waals surface area contributed by atoms with Crippen molar-refractivity contribution in [2.24, 2.45) is 0 Å². The van der Waals surface area contributed by atoms with Crippen LogP contribution in [0.15, 0.2) is 49.1 Å². The zero-order valence-corrected chi connectivity index (χ0v) is 15.9. The highest BCUT2D eigenvalue weighted by atomic mass is 16.6. The molecule has 26 heavy (non-hydrogen) atoms. The number of benzene rings is 2. The Morgan fingerprint density at radius 3 is 2.31 bits per heavy atom. The number of methoxy groups -OCH3 is 1. The van der Waals surface area contributed by atoms with Gasteiger partial charge in [-0.2, -0.15) is 0 Å². The summed E-state index contributed by atoms with van der Waals surface area (Å²) >= 11 is 0. The number of hydrogen-bond acceptors (Lipinski definition) is 4. The van der Waals surface area contributed by atoms with E-state index in [0.29, 0.717) is 26.4 Å². The van der Waals surface area contributed by atoms with Crippen LogP contribution in [0.2, 0.25) is 0 Å². The predicted molar refractivity (Wildman–Crippen MR) is 105 cm³/mol. The molecule has 0 fully saturated rings. The molecule has 4 nitrogen and oxygen atoms in total. The van der Waals surface area contributed by atoms with Crippen LogP contribution in [0.4, 0.5) is 0 Å². The van der Waals surface area contributed by atoms with E-state index >= 15 is 0 Å². The summed E-state index contributed by atoms with van der Waals surface area (Å²) in [6.45, 7) is 9.90. The highest BCUT2D eigenvalue weighted by molar-refractivity contribution is 5.43. The Bertz CT molecular complexity index is 709. The zero-order chi connectivity index (χ0) is 18.8. The Morgan fingerprint density at radius 2 is 1.62 bits per heavy atom. The molecule has 140 valence electrons. The Labute approximate surface area is 156 Å². The standard InChI is InChI=1S/C22H28O4/c1-5-6-19-8-10-21(22(16-19)23-4)26-14-12-24-11-13-25-20-9-7-17(2)18(3)15-20/h5,7-10,15-16H,1,6,11-14H2,2-4H3. The van der Waals surface area contributed by atoms with Crippen molar-refractivity contribution in [3.05, 3.63) is 65.7 Å². The average molecular weight is 356 g/mol. The van der Waals surface area contributed by atoms with E-state index in [0.717, 1.165) is 29.2 Å². The fourth-order valence-electron chi connectivity index (χ4n) is 2.46. The van der Waals surface area contributed by atoms with Crippen LogP contribution in [0.25, 0.3) is 0 Å². The van der Waals surface area contributed by atoms with E-state index in [1.807, 2.05) is 36.4 Å². The predicted octanol–water partition coefficient (Wildman–Crippen LogP) is 4.51. The summed E-state index contributed by atoms with van der Waals surface area (Å²) in [5, 5.41) is 0. The van der Waals surface area contributed by atoms with E-state index < -0.39 is 0 Å². The molecule has 0 bridgehead atoms. The lowest BCUT2D eigenvalue weighted by atomic mass is 10.1. The summed E-state index contributed by atoms with van der Waals surface area (Å²) in [7, 11) is 1.64. The molecule has 0 heterocycles. The zero-order valence-electron chi connectivity index (χ0n) is 15.9. The minimum atomic E-state index is 0.459. The highest BCUT2D eigenvalue weighted by Gasteiger charge is 2.05. The normalized spacial score (nSPS) is 10.4. The Kier molecular flexibility index (Phi) is 8.03. The largest absolute Gasteiger partial charge is 0.493 e. The van der Waals surface area contributed by atoms with Crippen LogP contribution in [-0.2, 0) is 11.2 Å². The molecule has 0 aliphatic heterocycles. The molecule has 0 atom stereocenters. The molecule has 4 heteroatoms. The molecule has 2 aromatic carbocycles. The molecule has 0 aliphatic carbocycles. The van der Waals surface area contributed by atoms with Crippen molar-refractivity contribution < 1.29 is 18.9 Å². The number of aryl methyl sites for hydroxylation is 2. The average Bonchev–Trinajstić information content (AvgIpc) is 2.64. The van der Waals surface area contributed by atoms with Crippen molar-refractivity contribution >= 4 is 0 Å². The van der Waals surface area contributed by atoms with Crippen molar-refractivity contribution in [3.63, 3.8) is 0 Å². The first kappa shape index (κ1) is 19.9. The third-order valence-electron chi connectivity index (χ3n) is 4.07. The van der Waals surface area contributed by atoms with E-state index in [-0.39, 0.29) is 0 Å². The van der Waals surface area contributed by atoms with Gasteiger partial charge in [0.05, 0.1) is 20.3 Å². The fourth-order valence-corrected chi connectivity index (χ4v) is 2.46. The Morgan fingerprint density at radius 1 is 0.846 bits per heavy atom. The smallest absolute Gasteiger partial charge is 0.161 e. The van der Waals surface area contributed by atoms with Gasteiger partial charge in [-0.1, -0.05) is 18.2 Å². The summed E-state index contributed by atoms with van der Waals surface area (Å²) in [5.74, 6) is 2.31. The van der Waals surface area contributed by atoms with Crippen LogP contribution in [0.3, 0.4) is 0 Å². The van der Waals surface area contributed by atoms with Crippen molar-refractivity contribution in [3.8, 4) is 17.2 Å². The molecule has 0 spiro atoms. The van der Waals surface area contributed by atoms with E-state index in [1.165, 1.54) is 11.1 Å². The number of rotatable bonds is 11. The van der Waals surface area contributed by atoms with Crippen LogP contribution in [0.5, 0.6) is 17.2 Å². The summed E-state index contributed by atoms with van der Waals surface area (Å²) < 4.78 is 22.4. The molecule has 2 aromatic rings. The molecule has 0 N–H and O–H groups in total. The van der Waals surface area contributed by atoms with Gasteiger partial charge >= 0.3 is 0 Å². The van der Waals surface area contributed by atoms with Gasteiger partial charge in [0.1, 0.15) is 19.0 Å². The van der Waals surface area contributed by atoms with Crippen LogP contribution >= 0.6 is 0 Å². The molecular weight excluding hydrogens is 328 g/mol. The highest BCUT2D eigenvalue weighted by Crippen LogP contribution is 2.28. The van der Waals surface area contributed by atoms with Gasteiger partial charge in [-0.05, 0) is 61.2 Å². The van der Waals surface area contributed by atoms with Crippen LogP contribution in [0, 0.1) is 13.8 Å². The fraction of sp³-hybridized carbons (Fsp3) is 0.364. The third kappa shape index (κ3) is 6.12. The van der Waals surface area contributed by atoms with Gasteiger partial charge in [0.2, 0.25) is 0 Å². The van der Waals surface area contributed by atoms with Crippen LogP contribution in [-0.4, -0.2) is 33.5 Å². The van der Waals surface area contributed by atoms with Crippen molar-refractivity contribution in [1.82, 2.24) is 0 Å². The quantitative estimate of drug-likeness (QED) is 0.438. The molecule has 0 radical (unpaired) electrons. The van der Waals surface area contributed by atoms with Crippen LogP contribution < -0.4 is 14.2 Å². The third-order valence-corrected chi connectivity index (χ3v) is 4.07. The van der Waals surface area contributed by atoms with Gasteiger partial charge < -0.3 is 18.9 Å². The van der Waals surface area contributed by atoms with Gasteiger partial charge in [-0.15, -0.1) is 6.58 Å². The minimum absolute atomic E-state index is 0.459. The van der Waals surface area contributed by atoms with Crippen molar-refractivity contribution in [2.75, 3.05) is 33.5 Å². The lowest BCUT2D eigenvalue weighted by Crippen LogP contribution is -2.12. The molecule has 0 unspecified atom stereocenters. The first-order valence-corrected chi connectivity index (χ1v) is 8.82. The summed E-state index contributed by atoms with van der Waals surface area (Å²) in [6, 6.07) is 12.0. The van der Waals surface area contributed by atoms with Crippen molar-refractivity contribution in [1.29, 1.82) is 0 Å². The van der Waals surface area contributed by atoms with Crippen LogP contribution in [0.1, 0.15) is 16.7 Å². The second-order valence-electron chi connectivity index (χ2n) is 6.03. The number of ether oxygens (including phenoxy) is 4. The maximum atomic E-state index is 5.74. The monoisotopic (exact) mass is 356 g/mol. The molecule has 0 saturated heterocycles. The Hall–Kier alpha value is -2.46. The van der Waals surface area contributed by atoms with E-state index in [4.69, 9.17) is 18.9 Å². The maximum absolute atomic E-state index is 5.74. The maximum Gasteiger partial charge on any atom is 0.161 e. The van der Waals surface area contributed by atoms with Crippen molar-refractivity contribution in [2.45, 2.75) is 20.3 Å². The van der Waals surface area contributed by atoms with Gasteiger partial charge in [0.15, 0.2) is 11.5 Å². The van der Waals surface area contributed by atoms with Gasteiger partial charge in [0.25, 0.3) is 0 Å². The molecule has 0 amide bonds. The molecule has 0 saturated carbocycles. The summed E-state index contributed by atoms with van der Waals surface area (Å²) in [6.07, 6.45) is 2.67. The van der Waals surface area contributed by atoms with E-state index in [1.54, 1.807) is 7.11 Å². The van der Waals surface area contributed by atoms with E-state index in [9.17, 15) is 0 Å². The second-order valence-corrected chi connectivity index (χ2v) is 6.03. The summed E-state index contributed by atoms with van der Waals surface area (Å²) in [4.78, 5) is 0. The molecule has 0 aromatic heterocycles. The van der Waals surface area contributed by atoms with Gasteiger partial charge in [0, 0.05) is 0 Å². The Balaban J connectivity index is 1.66. The lowest BCUT2D eigenvalue weighted by molar-refractivity contribution is 0.0757. The summed E-state index contributed by atoms with van der Waals surface area (Å²) in [5.41, 5.74) is 3.63. The van der Waals surface area contributed by atoms with E-state index in [2.05, 4.69) is 26.5 Å². The number of allylic oxidation sites excluding steroid dienone is 1.